The summed E-state index contributed by atoms with van der Waals surface area (Å²) in [5, 5.41) is 3.29. The number of nitrogens with zero attached hydrogens (tertiary/aromatic N) is 5. The van der Waals surface area contributed by atoms with E-state index in [1.807, 2.05) is 38.0 Å². The fourth-order valence-corrected chi connectivity index (χ4v) is 1.23. The van der Waals surface area contributed by atoms with Gasteiger partial charge in [0.2, 0.25) is 17.8 Å². The van der Waals surface area contributed by atoms with E-state index in [0.717, 1.165) is 0 Å². The lowest BCUT2D eigenvalue weighted by Gasteiger charge is -2.16. The molecule has 2 rings (SSSR count). The highest BCUT2D eigenvalue weighted by Crippen LogP contribution is 2.24. The Morgan fingerprint density at radius 2 is 1.44 bits per heavy atom. The Hall–Kier alpha value is -1.59. The molecule has 1 saturated carbocycles. The second kappa shape index (κ2) is 4.11. The van der Waals surface area contributed by atoms with E-state index in [9.17, 15) is 0 Å². The maximum atomic E-state index is 4.36. The summed E-state index contributed by atoms with van der Waals surface area (Å²) >= 11 is 0. The van der Waals surface area contributed by atoms with Gasteiger partial charge >= 0.3 is 0 Å². The molecule has 6 nitrogen and oxygen atoms in total. The fourth-order valence-electron chi connectivity index (χ4n) is 1.23. The van der Waals surface area contributed by atoms with Crippen LogP contribution in [0.3, 0.4) is 0 Å². The van der Waals surface area contributed by atoms with Gasteiger partial charge in [0.05, 0.1) is 0 Å². The Labute approximate surface area is 95.7 Å². The van der Waals surface area contributed by atoms with Crippen molar-refractivity contribution in [1.29, 1.82) is 0 Å². The number of hydrogen-bond donors (Lipinski definition) is 1. The number of aromatic nitrogens is 3. The van der Waals surface area contributed by atoms with Crippen molar-refractivity contribution in [2.75, 3.05) is 43.3 Å². The summed E-state index contributed by atoms with van der Waals surface area (Å²) in [7, 11) is 7.71. The quantitative estimate of drug-likeness (QED) is 0.804. The molecule has 0 unspecified atom stereocenters. The molecule has 1 fully saturated rings. The molecular weight excluding hydrogens is 204 g/mol. The van der Waals surface area contributed by atoms with Crippen molar-refractivity contribution in [3.63, 3.8) is 0 Å². The molecule has 1 heterocycles. The van der Waals surface area contributed by atoms with Crippen molar-refractivity contribution in [1.82, 2.24) is 15.0 Å². The molecule has 1 aromatic rings. The van der Waals surface area contributed by atoms with Crippen molar-refractivity contribution < 1.29 is 0 Å². The standard InChI is InChI=1S/C10H18N6/c1-15(2)9-12-8(11-7-5-6-7)13-10(14-9)16(3)4/h7H,5-6H2,1-4H3,(H,11,12,13,14). The van der Waals surface area contributed by atoms with Crippen LogP contribution < -0.4 is 15.1 Å². The van der Waals surface area contributed by atoms with E-state index >= 15 is 0 Å². The summed E-state index contributed by atoms with van der Waals surface area (Å²) in [5.74, 6) is 2.04. The average molecular weight is 222 g/mol. The van der Waals surface area contributed by atoms with E-state index in [0.29, 0.717) is 23.9 Å². The third-order valence-corrected chi connectivity index (χ3v) is 2.32. The highest BCUT2D eigenvalue weighted by Gasteiger charge is 2.22. The fraction of sp³-hybridized carbons (Fsp3) is 0.700. The van der Waals surface area contributed by atoms with Gasteiger partial charge < -0.3 is 15.1 Å². The first-order valence-corrected chi connectivity index (χ1v) is 5.43. The van der Waals surface area contributed by atoms with Crippen molar-refractivity contribution in [2.45, 2.75) is 18.9 Å². The Morgan fingerprint density at radius 1 is 0.938 bits per heavy atom. The first kappa shape index (κ1) is 10.9. The van der Waals surface area contributed by atoms with Crippen LogP contribution in [0.5, 0.6) is 0 Å². The van der Waals surface area contributed by atoms with Crippen LogP contribution in [0.25, 0.3) is 0 Å². The van der Waals surface area contributed by atoms with Gasteiger partial charge in [-0.05, 0) is 12.8 Å². The Bertz CT molecular complexity index is 345. The number of nitrogens with one attached hydrogen (secondary N) is 1. The van der Waals surface area contributed by atoms with Gasteiger partial charge in [-0.1, -0.05) is 0 Å². The zero-order valence-corrected chi connectivity index (χ0v) is 10.2. The van der Waals surface area contributed by atoms with Crippen LogP contribution in [-0.2, 0) is 0 Å². The van der Waals surface area contributed by atoms with Crippen LogP contribution in [0, 0.1) is 0 Å². The molecule has 1 aliphatic rings. The molecule has 1 N–H and O–H groups in total. The van der Waals surface area contributed by atoms with Crippen molar-refractivity contribution in [3.8, 4) is 0 Å². The van der Waals surface area contributed by atoms with E-state index in [-0.39, 0.29) is 0 Å². The van der Waals surface area contributed by atoms with Gasteiger partial charge in [-0.25, -0.2) is 0 Å². The van der Waals surface area contributed by atoms with E-state index in [1.165, 1.54) is 12.8 Å². The normalized spacial score (nSPS) is 14.8. The van der Waals surface area contributed by atoms with Crippen LogP contribution in [0.2, 0.25) is 0 Å². The molecule has 0 aromatic carbocycles. The predicted octanol–water partition coefficient (Wildman–Crippen LogP) is 0.578. The summed E-state index contributed by atoms with van der Waals surface area (Å²) in [6, 6.07) is 0.549. The lowest BCUT2D eigenvalue weighted by molar-refractivity contribution is 0.906. The molecule has 0 amide bonds. The van der Waals surface area contributed by atoms with Crippen LogP contribution in [-0.4, -0.2) is 49.2 Å². The molecule has 0 aliphatic heterocycles. The molecule has 0 bridgehead atoms. The third-order valence-electron chi connectivity index (χ3n) is 2.32. The summed E-state index contributed by atoms with van der Waals surface area (Å²) in [5.41, 5.74) is 0. The maximum Gasteiger partial charge on any atom is 0.231 e. The zero-order chi connectivity index (χ0) is 11.7. The van der Waals surface area contributed by atoms with Gasteiger partial charge in [-0.3, -0.25) is 0 Å². The number of rotatable bonds is 4. The molecule has 6 heteroatoms. The molecule has 1 aromatic heterocycles. The van der Waals surface area contributed by atoms with Crippen molar-refractivity contribution >= 4 is 17.8 Å². The zero-order valence-electron chi connectivity index (χ0n) is 10.2. The molecule has 88 valence electrons. The van der Waals surface area contributed by atoms with E-state index < -0.39 is 0 Å². The van der Waals surface area contributed by atoms with Crippen molar-refractivity contribution in [2.24, 2.45) is 0 Å². The van der Waals surface area contributed by atoms with E-state index in [2.05, 4.69) is 20.3 Å². The first-order chi connectivity index (χ1) is 7.56. The van der Waals surface area contributed by atoms with E-state index in [1.54, 1.807) is 0 Å². The predicted molar refractivity (Wildman–Crippen MR) is 65.1 cm³/mol. The highest BCUT2D eigenvalue weighted by molar-refractivity contribution is 5.44. The van der Waals surface area contributed by atoms with Gasteiger partial charge in [-0.15, -0.1) is 0 Å². The van der Waals surface area contributed by atoms with Gasteiger partial charge in [-0.2, -0.15) is 15.0 Å². The van der Waals surface area contributed by atoms with Gasteiger partial charge in [0.15, 0.2) is 0 Å². The molecule has 1 aliphatic carbocycles. The topological polar surface area (TPSA) is 57.2 Å². The van der Waals surface area contributed by atoms with Crippen molar-refractivity contribution in [3.05, 3.63) is 0 Å². The molecule has 0 radical (unpaired) electrons. The lowest BCUT2D eigenvalue weighted by Crippen LogP contribution is -2.20. The minimum absolute atomic E-state index is 0.549. The van der Waals surface area contributed by atoms with Crippen LogP contribution in [0.4, 0.5) is 17.8 Å². The summed E-state index contributed by atoms with van der Waals surface area (Å²) in [6.45, 7) is 0. The van der Waals surface area contributed by atoms with Gasteiger partial charge in [0, 0.05) is 34.2 Å². The smallest absolute Gasteiger partial charge is 0.231 e. The number of hydrogen-bond acceptors (Lipinski definition) is 6. The SMILES string of the molecule is CN(C)c1nc(NC2CC2)nc(N(C)C)n1. The monoisotopic (exact) mass is 222 g/mol. The highest BCUT2D eigenvalue weighted by atomic mass is 15.3. The van der Waals surface area contributed by atoms with Gasteiger partial charge in [0.25, 0.3) is 0 Å². The Balaban J connectivity index is 2.27. The van der Waals surface area contributed by atoms with Crippen LogP contribution in [0.15, 0.2) is 0 Å². The molecule has 0 spiro atoms. The Morgan fingerprint density at radius 3 is 1.81 bits per heavy atom. The van der Waals surface area contributed by atoms with Gasteiger partial charge in [0.1, 0.15) is 0 Å². The average Bonchev–Trinajstić information content (AvgIpc) is 3.01. The molecule has 0 atom stereocenters. The minimum atomic E-state index is 0.549. The minimum Gasteiger partial charge on any atom is -0.351 e. The summed E-state index contributed by atoms with van der Waals surface area (Å²) in [6.07, 6.45) is 2.42. The van der Waals surface area contributed by atoms with Crippen LogP contribution in [0.1, 0.15) is 12.8 Å². The molecule has 0 saturated heterocycles. The molecule has 16 heavy (non-hydrogen) atoms. The first-order valence-electron chi connectivity index (χ1n) is 5.43. The summed E-state index contributed by atoms with van der Waals surface area (Å²) < 4.78 is 0. The number of anilines is 3. The third kappa shape index (κ3) is 2.50. The lowest BCUT2D eigenvalue weighted by atomic mass is 10.6. The van der Waals surface area contributed by atoms with Crippen LogP contribution >= 0.6 is 0 Å². The summed E-state index contributed by atoms with van der Waals surface area (Å²) in [4.78, 5) is 16.8. The van der Waals surface area contributed by atoms with E-state index in [4.69, 9.17) is 0 Å². The molecular formula is C10H18N6. The largest absolute Gasteiger partial charge is 0.351 e. The Kier molecular flexibility index (Phi) is 2.80. The second-order valence-electron chi connectivity index (χ2n) is 4.47. The maximum absolute atomic E-state index is 4.36. The second-order valence-corrected chi connectivity index (χ2v) is 4.47.